The Morgan fingerprint density at radius 3 is 2.48 bits per heavy atom. The third kappa shape index (κ3) is 4.65. The van der Waals surface area contributed by atoms with Crippen molar-refractivity contribution in [2.45, 2.75) is 6.92 Å². The lowest BCUT2D eigenvalue weighted by molar-refractivity contribution is -0.384. The van der Waals surface area contributed by atoms with E-state index in [2.05, 4.69) is 15.5 Å². The zero-order valence-electron chi connectivity index (χ0n) is 17.3. The van der Waals surface area contributed by atoms with Crippen LogP contribution in [0.1, 0.15) is 15.9 Å². The van der Waals surface area contributed by atoms with Gasteiger partial charge in [-0.2, -0.15) is 0 Å². The van der Waals surface area contributed by atoms with Crippen LogP contribution in [0.5, 0.6) is 5.75 Å². The minimum Gasteiger partial charge on any atom is -0.505 e. The number of nitro benzene ring substituents is 1. The van der Waals surface area contributed by atoms with E-state index in [0.717, 1.165) is 0 Å². The van der Waals surface area contributed by atoms with Crippen molar-refractivity contribution in [1.29, 1.82) is 0 Å². The molecule has 0 fully saturated rings. The molecule has 0 aliphatic rings. The van der Waals surface area contributed by atoms with Crippen molar-refractivity contribution >= 4 is 51.0 Å². The fourth-order valence-electron chi connectivity index (χ4n) is 3.25. The first-order valence-corrected chi connectivity index (χ1v) is 10.2. The van der Waals surface area contributed by atoms with Crippen molar-refractivity contribution in [3.05, 3.63) is 99.1 Å². The third-order valence-corrected chi connectivity index (χ3v) is 5.26. The number of non-ortho nitro benzene ring substituents is 1. The van der Waals surface area contributed by atoms with E-state index in [9.17, 15) is 20.0 Å². The highest BCUT2D eigenvalue weighted by Gasteiger charge is 2.19. The van der Waals surface area contributed by atoms with Crippen LogP contribution in [0.3, 0.4) is 0 Å². The van der Waals surface area contributed by atoms with E-state index >= 15 is 0 Å². The molecule has 33 heavy (non-hydrogen) atoms. The van der Waals surface area contributed by atoms with Gasteiger partial charge in [0.05, 0.1) is 16.2 Å². The minimum absolute atomic E-state index is 0.00774. The minimum atomic E-state index is -0.538. The molecule has 8 nitrogen and oxygen atoms in total. The number of halogens is 1. The largest absolute Gasteiger partial charge is 0.505 e. The second-order valence-corrected chi connectivity index (χ2v) is 7.67. The van der Waals surface area contributed by atoms with Crippen LogP contribution in [0.2, 0.25) is 5.02 Å². The summed E-state index contributed by atoms with van der Waals surface area (Å²) in [4.78, 5) is 23.5. The Labute approximate surface area is 193 Å². The number of carbonyl (C=O) groups is 1. The van der Waals surface area contributed by atoms with E-state index in [1.54, 1.807) is 67.6 Å². The first-order chi connectivity index (χ1) is 15.8. The van der Waals surface area contributed by atoms with Crippen LogP contribution in [-0.2, 0) is 0 Å². The number of amides is 1. The second kappa shape index (κ2) is 9.05. The van der Waals surface area contributed by atoms with Crippen LogP contribution in [-0.4, -0.2) is 15.9 Å². The number of phenols is 1. The summed E-state index contributed by atoms with van der Waals surface area (Å²) >= 11 is 5.89. The predicted octanol–water partition coefficient (Wildman–Crippen LogP) is 7.08. The van der Waals surface area contributed by atoms with Gasteiger partial charge in [-0.3, -0.25) is 14.9 Å². The van der Waals surface area contributed by atoms with Crippen LogP contribution in [0.4, 0.5) is 22.7 Å². The number of aryl methyl sites for hydroxylation is 1. The Hall–Kier alpha value is -4.30. The number of azo groups is 1. The quantitative estimate of drug-likeness (QED) is 0.188. The summed E-state index contributed by atoms with van der Waals surface area (Å²) < 4.78 is 0. The van der Waals surface area contributed by atoms with E-state index in [4.69, 9.17) is 11.6 Å². The van der Waals surface area contributed by atoms with Crippen LogP contribution >= 0.6 is 11.6 Å². The molecule has 9 heteroatoms. The number of benzene rings is 4. The number of phenolic OH excluding ortho intramolecular Hbond substituents is 1. The SMILES string of the molecule is Cc1ccc([N+](=O)[O-])cc1N=Nc1c(O)c(C(=O)Nc2ccc(Cl)cc2)cc2ccccc12. The van der Waals surface area contributed by atoms with Gasteiger partial charge in [0.1, 0.15) is 5.69 Å². The van der Waals surface area contributed by atoms with E-state index in [0.29, 0.717) is 27.0 Å². The Morgan fingerprint density at radius 2 is 1.76 bits per heavy atom. The molecular formula is C24H17ClN4O4. The lowest BCUT2D eigenvalue weighted by Gasteiger charge is -2.11. The summed E-state index contributed by atoms with van der Waals surface area (Å²) in [5.41, 5.74) is 1.43. The van der Waals surface area contributed by atoms with Gasteiger partial charge in [-0.05, 0) is 48.2 Å². The number of rotatable bonds is 5. The molecule has 4 rings (SSSR count). The fraction of sp³-hybridized carbons (Fsp3) is 0.0417. The highest BCUT2D eigenvalue weighted by molar-refractivity contribution is 6.30. The average molecular weight is 461 g/mol. The molecule has 0 aromatic heterocycles. The number of nitrogens with one attached hydrogen (secondary N) is 1. The van der Waals surface area contributed by atoms with Gasteiger partial charge in [0.25, 0.3) is 11.6 Å². The number of hydrogen-bond donors (Lipinski definition) is 2. The molecule has 0 spiro atoms. The number of hydrogen-bond acceptors (Lipinski definition) is 6. The maximum absolute atomic E-state index is 12.9. The molecule has 4 aromatic carbocycles. The van der Waals surface area contributed by atoms with E-state index in [-0.39, 0.29) is 28.4 Å². The molecule has 0 bridgehead atoms. The summed E-state index contributed by atoms with van der Waals surface area (Å²) in [5.74, 6) is -0.893. The summed E-state index contributed by atoms with van der Waals surface area (Å²) in [6.07, 6.45) is 0. The zero-order valence-corrected chi connectivity index (χ0v) is 18.1. The molecule has 1 amide bonds. The lowest BCUT2D eigenvalue weighted by Crippen LogP contribution is -2.12. The maximum Gasteiger partial charge on any atom is 0.271 e. The van der Waals surface area contributed by atoms with E-state index in [1.165, 1.54) is 12.1 Å². The van der Waals surface area contributed by atoms with Gasteiger partial charge >= 0.3 is 0 Å². The third-order valence-electron chi connectivity index (χ3n) is 5.00. The number of carbonyl (C=O) groups excluding carboxylic acids is 1. The number of fused-ring (bicyclic) bond motifs is 1. The average Bonchev–Trinajstić information content (AvgIpc) is 2.80. The number of anilines is 1. The Balaban J connectivity index is 1.78. The van der Waals surface area contributed by atoms with Gasteiger partial charge in [0.15, 0.2) is 5.75 Å². The fourth-order valence-corrected chi connectivity index (χ4v) is 3.37. The predicted molar refractivity (Wildman–Crippen MR) is 127 cm³/mol. The molecule has 0 saturated heterocycles. The van der Waals surface area contributed by atoms with Crippen LogP contribution in [0.25, 0.3) is 10.8 Å². The molecule has 0 radical (unpaired) electrons. The topological polar surface area (TPSA) is 117 Å². The molecule has 0 heterocycles. The maximum atomic E-state index is 12.9. The molecule has 2 N–H and O–H groups in total. The molecule has 0 unspecified atom stereocenters. The summed E-state index contributed by atoms with van der Waals surface area (Å²) in [6, 6.07) is 19.5. The summed E-state index contributed by atoms with van der Waals surface area (Å²) in [7, 11) is 0. The Bertz CT molecular complexity index is 1420. The van der Waals surface area contributed by atoms with Crippen LogP contribution in [0.15, 0.2) is 83.0 Å². The molecule has 0 aliphatic heterocycles. The molecular weight excluding hydrogens is 444 g/mol. The monoisotopic (exact) mass is 460 g/mol. The second-order valence-electron chi connectivity index (χ2n) is 7.23. The standard InChI is InChI=1S/C24H17ClN4O4/c1-14-6-11-18(29(32)33)13-21(14)27-28-22-19-5-3-2-4-15(19)12-20(23(22)30)24(31)26-17-9-7-16(25)8-10-17/h2-13,30H,1H3,(H,26,31). The smallest absolute Gasteiger partial charge is 0.271 e. The van der Waals surface area contributed by atoms with Crippen LogP contribution in [0, 0.1) is 17.0 Å². The van der Waals surface area contributed by atoms with E-state index < -0.39 is 10.8 Å². The van der Waals surface area contributed by atoms with Crippen molar-refractivity contribution in [3.63, 3.8) is 0 Å². The Kier molecular flexibility index (Phi) is 6.01. The summed E-state index contributed by atoms with van der Waals surface area (Å²) in [6.45, 7) is 1.74. The highest BCUT2D eigenvalue weighted by Crippen LogP contribution is 2.40. The first-order valence-electron chi connectivity index (χ1n) is 9.82. The summed E-state index contributed by atoms with van der Waals surface area (Å²) in [5, 5.41) is 34.8. The van der Waals surface area contributed by atoms with Gasteiger partial charge in [-0.25, -0.2) is 0 Å². The first kappa shape index (κ1) is 21.9. The van der Waals surface area contributed by atoms with Crippen molar-refractivity contribution in [2.24, 2.45) is 10.2 Å². The number of nitro groups is 1. The number of nitrogens with zero attached hydrogens (tertiary/aromatic N) is 3. The lowest BCUT2D eigenvalue weighted by atomic mass is 10.0. The highest BCUT2D eigenvalue weighted by atomic mass is 35.5. The molecule has 164 valence electrons. The van der Waals surface area contributed by atoms with E-state index in [1.807, 2.05) is 0 Å². The molecule has 0 atom stereocenters. The van der Waals surface area contributed by atoms with Crippen molar-refractivity contribution in [3.8, 4) is 5.75 Å². The van der Waals surface area contributed by atoms with Gasteiger partial charge in [0.2, 0.25) is 0 Å². The van der Waals surface area contributed by atoms with Crippen LogP contribution < -0.4 is 5.32 Å². The van der Waals surface area contributed by atoms with Crippen molar-refractivity contribution < 1.29 is 14.8 Å². The normalized spacial score (nSPS) is 11.1. The van der Waals surface area contributed by atoms with Gasteiger partial charge in [0, 0.05) is 28.2 Å². The van der Waals surface area contributed by atoms with Gasteiger partial charge in [-0.15, -0.1) is 10.2 Å². The molecule has 0 aliphatic carbocycles. The zero-order chi connectivity index (χ0) is 23.5. The Morgan fingerprint density at radius 1 is 1.03 bits per heavy atom. The molecule has 4 aromatic rings. The molecule has 0 saturated carbocycles. The van der Waals surface area contributed by atoms with Crippen molar-refractivity contribution in [2.75, 3.05) is 5.32 Å². The number of aromatic hydroxyl groups is 1. The van der Waals surface area contributed by atoms with Crippen molar-refractivity contribution in [1.82, 2.24) is 0 Å². The van der Waals surface area contributed by atoms with Gasteiger partial charge in [-0.1, -0.05) is 41.9 Å². The van der Waals surface area contributed by atoms with Gasteiger partial charge < -0.3 is 10.4 Å².